The highest BCUT2D eigenvalue weighted by Crippen LogP contribution is 2.14. The minimum absolute atomic E-state index is 0.0157. The molecule has 21 heteroatoms. The van der Waals surface area contributed by atoms with Crippen molar-refractivity contribution in [3.8, 4) is 0 Å². The number of aliphatic hydroxyl groups excluding tert-OH is 2. The number of amides is 6. The van der Waals surface area contributed by atoms with Gasteiger partial charge in [-0.05, 0) is 50.0 Å². The zero-order valence-electron chi connectivity index (χ0n) is 37.8. The van der Waals surface area contributed by atoms with Gasteiger partial charge in [0, 0.05) is 13.1 Å². The molecule has 0 aliphatic rings. The molecule has 0 spiro atoms. The second kappa shape index (κ2) is 32.4. The molecule has 0 heterocycles. The number of carboxylic acids is 1. The number of rotatable bonds is 35. The third kappa shape index (κ3) is 26.9. The van der Waals surface area contributed by atoms with Crippen LogP contribution in [0, 0.1) is 17.8 Å². The van der Waals surface area contributed by atoms with Crippen LogP contribution in [0.2, 0.25) is 0 Å². The van der Waals surface area contributed by atoms with Crippen molar-refractivity contribution in [2.75, 3.05) is 65.9 Å². The van der Waals surface area contributed by atoms with Gasteiger partial charge in [-0.2, -0.15) is 0 Å². The molecule has 0 aromatic heterocycles. The zero-order chi connectivity index (χ0) is 47.4. The first-order chi connectivity index (χ1) is 29.1. The summed E-state index contributed by atoms with van der Waals surface area (Å²) in [6.45, 7) is 19.1. The van der Waals surface area contributed by atoms with Crippen LogP contribution < -0.4 is 37.6 Å². The number of hydrogen-bond acceptors (Lipinski definition) is 14. The molecule has 0 saturated heterocycles. The molecule has 0 unspecified atom stereocenters. The van der Waals surface area contributed by atoms with Gasteiger partial charge in [0.15, 0.2) is 0 Å². The molecule has 11 N–H and O–H groups in total. The van der Waals surface area contributed by atoms with Gasteiger partial charge in [0.1, 0.15) is 31.3 Å². The Hall–Kier alpha value is -4.25. The summed E-state index contributed by atoms with van der Waals surface area (Å²) in [6, 6.07) is -5.29. The Labute approximate surface area is 365 Å². The second-order valence-electron chi connectivity index (χ2n) is 16.3. The minimum Gasteiger partial charge on any atom is -0.481 e. The molecule has 0 aromatic rings. The maximum Gasteiger partial charge on any atom is 0.306 e. The number of carboxylic acid groups (broad SMARTS) is 1. The lowest BCUT2D eigenvalue weighted by atomic mass is 9.96. The summed E-state index contributed by atoms with van der Waals surface area (Å²) >= 11 is 0. The molecule has 358 valence electrons. The first kappa shape index (κ1) is 57.8. The molecule has 7 atom stereocenters. The van der Waals surface area contributed by atoms with E-state index in [9.17, 15) is 43.8 Å². The minimum atomic E-state index is -1.42. The summed E-state index contributed by atoms with van der Waals surface area (Å²) < 4.78 is 21.1. The van der Waals surface area contributed by atoms with Crippen LogP contribution in [0.1, 0.15) is 81.1 Å². The number of hydrogen-bond donors (Lipinski definition) is 10. The summed E-state index contributed by atoms with van der Waals surface area (Å²) in [7, 11) is 0. The standard InChI is InChI=1S/C41H75N7O14/c1-24(2)18-29(31(49)20-33(51)44-28(9)39(56)45-30(19-25(3)4)32(50)21-36(54)55)46-40(57)38(27(7)8)48-41(58)37(26(5)6)47-35(53)23-62-17-15-60-13-11-43-34(52)22-61-16-14-59-12-10-42/h24-26,28-32,37-38,49-50H,7,10-23,42H2,1-6,8-9H3,(H,43,52)(H,44,51)(H,45,56)(H,46,57)(H,47,53)(H,48,58)(H,54,55)/t28-,29-,30-,31-,32-,37-,38-/m0/s1. The topological polar surface area (TPSA) is 315 Å². The number of nitrogens with one attached hydrogen (secondary N) is 6. The van der Waals surface area contributed by atoms with Crippen LogP contribution in [0.15, 0.2) is 12.2 Å². The van der Waals surface area contributed by atoms with Crippen molar-refractivity contribution in [2.45, 2.75) is 123 Å². The van der Waals surface area contributed by atoms with Crippen molar-refractivity contribution in [2.24, 2.45) is 23.5 Å². The van der Waals surface area contributed by atoms with Crippen molar-refractivity contribution in [1.29, 1.82) is 0 Å². The van der Waals surface area contributed by atoms with E-state index in [0.29, 0.717) is 26.2 Å². The van der Waals surface area contributed by atoms with E-state index in [1.165, 1.54) is 13.8 Å². The average molecular weight is 890 g/mol. The Bertz CT molecular complexity index is 1400. The molecule has 0 bridgehead atoms. The molecule has 62 heavy (non-hydrogen) atoms. The van der Waals surface area contributed by atoms with E-state index in [2.05, 4.69) is 38.5 Å². The summed E-state index contributed by atoms with van der Waals surface area (Å²) in [4.78, 5) is 88.6. The third-order valence-corrected chi connectivity index (χ3v) is 8.93. The molecule has 0 aliphatic carbocycles. The van der Waals surface area contributed by atoms with Crippen molar-refractivity contribution < 1.29 is 67.8 Å². The molecule has 0 fully saturated rings. The van der Waals surface area contributed by atoms with Gasteiger partial charge >= 0.3 is 5.97 Å². The molecule has 21 nitrogen and oxygen atoms in total. The monoisotopic (exact) mass is 890 g/mol. The first-order valence-corrected chi connectivity index (χ1v) is 21.1. The van der Waals surface area contributed by atoms with Crippen LogP contribution in [0.3, 0.4) is 0 Å². The molecule has 0 aliphatic heterocycles. The molecule has 0 rings (SSSR count). The molecule has 6 amide bonds. The number of ether oxygens (including phenoxy) is 4. The zero-order valence-corrected chi connectivity index (χ0v) is 37.8. The van der Waals surface area contributed by atoms with E-state index >= 15 is 0 Å². The number of aliphatic carboxylic acids is 1. The Morgan fingerprint density at radius 1 is 0.597 bits per heavy atom. The summed E-state index contributed by atoms with van der Waals surface area (Å²) in [6.07, 6.45) is -3.33. The number of carbonyl (C=O) groups is 7. The van der Waals surface area contributed by atoms with E-state index in [0.717, 1.165) is 0 Å². The van der Waals surface area contributed by atoms with E-state index in [1.54, 1.807) is 13.8 Å². The smallest absolute Gasteiger partial charge is 0.306 e. The molecule has 0 radical (unpaired) electrons. The SMILES string of the molecule is C=C(C)[C@H](NC(=O)[C@@H](NC(=O)COCCOCCNC(=O)COCCOCCN)C(C)C)C(=O)N[C@@H](CC(C)C)[C@@H](O)CC(=O)N[C@@H](C)C(=O)N[C@@H](CC(C)C)[C@@H](O)CC(=O)O. The molecular weight excluding hydrogens is 814 g/mol. The van der Waals surface area contributed by atoms with Crippen molar-refractivity contribution >= 4 is 41.4 Å². The van der Waals surface area contributed by atoms with Crippen molar-refractivity contribution in [3.05, 3.63) is 12.2 Å². The highest BCUT2D eigenvalue weighted by molar-refractivity contribution is 5.94. The van der Waals surface area contributed by atoms with Crippen LogP contribution in [-0.4, -0.2) is 165 Å². The van der Waals surface area contributed by atoms with Gasteiger partial charge in [0.2, 0.25) is 35.4 Å². The number of aliphatic hydroxyl groups is 2. The van der Waals surface area contributed by atoms with Gasteiger partial charge in [-0.25, -0.2) is 0 Å². The largest absolute Gasteiger partial charge is 0.481 e. The molecular formula is C41H75N7O14. The van der Waals surface area contributed by atoms with E-state index < -0.39 is 96.7 Å². The Kier molecular flexibility index (Phi) is 30.2. The van der Waals surface area contributed by atoms with Crippen LogP contribution in [0.5, 0.6) is 0 Å². The predicted octanol–water partition coefficient (Wildman–Crippen LogP) is -1.52. The van der Waals surface area contributed by atoms with Crippen LogP contribution in [0.4, 0.5) is 0 Å². The lowest BCUT2D eigenvalue weighted by Gasteiger charge is -2.30. The van der Waals surface area contributed by atoms with E-state index in [4.69, 9.17) is 29.8 Å². The lowest BCUT2D eigenvalue weighted by Crippen LogP contribution is -2.58. The quantitative estimate of drug-likeness (QED) is 0.0255. The maximum atomic E-state index is 13.6. The summed E-state index contributed by atoms with van der Waals surface area (Å²) in [5, 5.41) is 46.3. The molecule has 0 aromatic carbocycles. The van der Waals surface area contributed by atoms with Crippen LogP contribution >= 0.6 is 0 Å². The van der Waals surface area contributed by atoms with Gasteiger partial charge < -0.3 is 71.9 Å². The Morgan fingerprint density at radius 2 is 1.10 bits per heavy atom. The fraction of sp³-hybridized carbons (Fsp3) is 0.780. The maximum absolute atomic E-state index is 13.6. The summed E-state index contributed by atoms with van der Waals surface area (Å²) in [5.41, 5.74) is 5.57. The van der Waals surface area contributed by atoms with Gasteiger partial charge in [0.25, 0.3) is 0 Å². The van der Waals surface area contributed by atoms with Gasteiger partial charge in [-0.15, -0.1) is 0 Å². The number of carbonyl (C=O) groups excluding carboxylic acids is 6. The lowest BCUT2D eigenvalue weighted by molar-refractivity contribution is -0.140. The average Bonchev–Trinajstić information content (AvgIpc) is 3.16. The van der Waals surface area contributed by atoms with E-state index in [1.807, 2.05) is 27.7 Å². The third-order valence-electron chi connectivity index (χ3n) is 8.93. The summed E-state index contributed by atoms with van der Waals surface area (Å²) in [5.74, 6) is -5.34. The normalized spacial score (nSPS) is 14.8. The fourth-order valence-electron chi connectivity index (χ4n) is 5.79. The molecule has 0 saturated carbocycles. The van der Waals surface area contributed by atoms with Gasteiger partial charge in [-0.1, -0.05) is 48.1 Å². The van der Waals surface area contributed by atoms with Crippen molar-refractivity contribution in [3.63, 3.8) is 0 Å². The Balaban J connectivity index is 5.16. The first-order valence-electron chi connectivity index (χ1n) is 21.1. The predicted molar refractivity (Wildman–Crippen MR) is 228 cm³/mol. The highest BCUT2D eigenvalue weighted by Gasteiger charge is 2.33. The van der Waals surface area contributed by atoms with Gasteiger partial charge in [-0.3, -0.25) is 33.6 Å². The van der Waals surface area contributed by atoms with E-state index in [-0.39, 0.29) is 75.9 Å². The Morgan fingerprint density at radius 3 is 1.60 bits per heavy atom. The highest BCUT2D eigenvalue weighted by atomic mass is 16.5. The fourth-order valence-corrected chi connectivity index (χ4v) is 5.79. The van der Waals surface area contributed by atoms with Crippen LogP contribution in [-0.2, 0) is 52.5 Å². The van der Waals surface area contributed by atoms with Crippen LogP contribution in [0.25, 0.3) is 0 Å². The number of nitrogens with two attached hydrogens (primary N) is 1. The second-order valence-corrected chi connectivity index (χ2v) is 16.3. The van der Waals surface area contributed by atoms with Crippen molar-refractivity contribution in [1.82, 2.24) is 31.9 Å². The van der Waals surface area contributed by atoms with Gasteiger partial charge in [0.05, 0.1) is 76.8 Å².